The van der Waals surface area contributed by atoms with Gasteiger partial charge in [-0.1, -0.05) is 48.5 Å². The molecule has 0 saturated carbocycles. The number of hydrogen-bond acceptors (Lipinski definition) is 6. The van der Waals surface area contributed by atoms with E-state index in [1.807, 2.05) is 73.7 Å². The average Bonchev–Trinajstić information content (AvgIpc) is 2.85. The van der Waals surface area contributed by atoms with Crippen LogP contribution < -0.4 is 14.8 Å². The first-order valence-electron chi connectivity index (χ1n) is 10.7. The molecule has 0 aliphatic carbocycles. The van der Waals surface area contributed by atoms with Gasteiger partial charge in [0.15, 0.2) is 17.3 Å². The van der Waals surface area contributed by atoms with Crippen molar-refractivity contribution >= 4 is 11.7 Å². The van der Waals surface area contributed by atoms with Crippen LogP contribution in [0.1, 0.15) is 18.9 Å². The van der Waals surface area contributed by atoms with Gasteiger partial charge in [-0.3, -0.25) is 9.78 Å². The van der Waals surface area contributed by atoms with Crippen molar-refractivity contribution < 1.29 is 14.3 Å². The van der Waals surface area contributed by atoms with Gasteiger partial charge >= 0.3 is 0 Å². The van der Waals surface area contributed by atoms with Gasteiger partial charge in [0.2, 0.25) is 11.8 Å². The third-order valence-corrected chi connectivity index (χ3v) is 4.74. The summed E-state index contributed by atoms with van der Waals surface area (Å²) in [5.74, 6) is 1.88. The maximum absolute atomic E-state index is 12.3. The number of rotatable bonds is 9. The lowest BCUT2D eigenvalue weighted by molar-refractivity contribution is -0.116. The van der Waals surface area contributed by atoms with Crippen LogP contribution in [0.15, 0.2) is 85.2 Å². The number of benzene rings is 2. The number of aryl methyl sites for hydroxylation is 1. The third-order valence-electron chi connectivity index (χ3n) is 4.74. The third kappa shape index (κ3) is 6.13. The molecule has 0 saturated heterocycles. The Morgan fingerprint density at radius 3 is 2.45 bits per heavy atom. The number of amides is 1. The van der Waals surface area contributed by atoms with Gasteiger partial charge in [-0.05, 0) is 37.1 Å². The van der Waals surface area contributed by atoms with Gasteiger partial charge in [-0.2, -0.15) is 0 Å². The molecule has 7 heteroatoms. The van der Waals surface area contributed by atoms with Crippen molar-refractivity contribution in [1.82, 2.24) is 15.0 Å². The highest BCUT2D eigenvalue weighted by molar-refractivity contribution is 5.89. The molecule has 1 N–H and O–H groups in total. The number of anilines is 1. The van der Waals surface area contributed by atoms with Crippen LogP contribution in [0.5, 0.6) is 17.4 Å². The first-order chi connectivity index (χ1) is 16.2. The van der Waals surface area contributed by atoms with Crippen LogP contribution in [0.25, 0.3) is 11.4 Å². The maximum atomic E-state index is 12.3. The van der Waals surface area contributed by atoms with E-state index >= 15 is 0 Å². The molecular weight excluding hydrogens is 416 g/mol. The largest absolute Gasteiger partial charge is 0.490 e. The number of pyridine rings is 1. The number of nitrogens with one attached hydrogen (secondary N) is 1. The van der Waals surface area contributed by atoms with Gasteiger partial charge in [-0.25, -0.2) is 9.97 Å². The Morgan fingerprint density at radius 2 is 1.64 bits per heavy atom. The monoisotopic (exact) mass is 440 g/mol. The van der Waals surface area contributed by atoms with Crippen molar-refractivity contribution in [1.29, 1.82) is 0 Å². The zero-order valence-electron chi connectivity index (χ0n) is 18.3. The molecule has 0 atom stereocenters. The van der Waals surface area contributed by atoms with Crippen molar-refractivity contribution in [2.24, 2.45) is 0 Å². The van der Waals surface area contributed by atoms with Crippen molar-refractivity contribution in [2.45, 2.75) is 19.8 Å². The summed E-state index contributed by atoms with van der Waals surface area (Å²) in [6.07, 6.45) is 4.13. The number of carbonyl (C=O) groups excluding carboxylic acids is 1. The zero-order valence-corrected chi connectivity index (χ0v) is 18.3. The Bertz CT molecular complexity index is 1210. The minimum Gasteiger partial charge on any atom is -0.490 e. The fourth-order valence-electron chi connectivity index (χ4n) is 3.19. The van der Waals surface area contributed by atoms with E-state index in [1.54, 1.807) is 12.3 Å². The number of aromatic nitrogens is 3. The summed E-state index contributed by atoms with van der Waals surface area (Å²) in [7, 11) is 0. The summed E-state index contributed by atoms with van der Waals surface area (Å²) in [6.45, 7) is 2.45. The topological polar surface area (TPSA) is 86.2 Å². The number of nitrogens with zero attached hydrogens (tertiary/aromatic N) is 3. The summed E-state index contributed by atoms with van der Waals surface area (Å²) in [6, 6.07) is 22.7. The number of para-hydroxylation sites is 2. The van der Waals surface area contributed by atoms with Crippen LogP contribution in [0.4, 0.5) is 5.82 Å². The Balaban J connectivity index is 1.44. The van der Waals surface area contributed by atoms with E-state index < -0.39 is 0 Å². The number of ether oxygens (including phenoxy) is 2. The van der Waals surface area contributed by atoms with Crippen LogP contribution in [0, 0.1) is 0 Å². The molecule has 2 heterocycles. The summed E-state index contributed by atoms with van der Waals surface area (Å²) < 4.78 is 11.5. The minimum atomic E-state index is -0.122. The van der Waals surface area contributed by atoms with E-state index in [2.05, 4.69) is 20.3 Å². The molecule has 0 fully saturated rings. The van der Waals surface area contributed by atoms with Crippen LogP contribution in [-0.4, -0.2) is 27.5 Å². The molecule has 0 aliphatic rings. The Hall–Kier alpha value is -4.26. The fourth-order valence-corrected chi connectivity index (χ4v) is 3.19. The second-order valence-corrected chi connectivity index (χ2v) is 7.17. The summed E-state index contributed by atoms with van der Waals surface area (Å²) in [4.78, 5) is 25.6. The molecule has 0 radical (unpaired) electrons. The van der Waals surface area contributed by atoms with E-state index in [-0.39, 0.29) is 5.91 Å². The molecule has 33 heavy (non-hydrogen) atoms. The number of carbonyl (C=O) groups is 1. The molecule has 0 bridgehead atoms. The predicted molar refractivity (Wildman–Crippen MR) is 126 cm³/mol. The second kappa shape index (κ2) is 10.9. The van der Waals surface area contributed by atoms with Crippen molar-refractivity contribution in [3.8, 4) is 28.8 Å². The van der Waals surface area contributed by atoms with Crippen molar-refractivity contribution in [3.63, 3.8) is 0 Å². The summed E-state index contributed by atoms with van der Waals surface area (Å²) in [5.41, 5.74) is 2.22. The van der Waals surface area contributed by atoms with E-state index in [9.17, 15) is 4.79 Å². The predicted octanol–water partition coefficient (Wildman–Crippen LogP) is 5.30. The lowest BCUT2D eigenvalue weighted by Crippen LogP contribution is -2.13. The van der Waals surface area contributed by atoms with Crippen LogP contribution in [-0.2, 0) is 11.2 Å². The highest BCUT2D eigenvalue weighted by Gasteiger charge is 2.10. The normalized spacial score (nSPS) is 10.5. The van der Waals surface area contributed by atoms with Gasteiger partial charge in [0.25, 0.3) is 0 Å². The molecular formula is C26H24N4O3. The SMILES string of the molecule is CCOc1ccccc1Oc1cccc(-c2cncc(NC(=O)CCc3ccccc3)n2)n1. The van der Waals surface area contributed by atoms with E-state index in [1.165, 1.54) is 6.20 Å². The fraction of sp³-hybridized carbons (Fsp3) is 0.154. The minimum absolute atomic E-state index is 0.122. The van der Waals surface area contributed by atoms with Crippen molar-refractivity contribution in [3.05, 3.63) is 90.8 Å². The molecule has 4 rings (SSSR count). The highest BCUT2D eigenvalue weighted by atomic mass is 16.5. The summed E-state index contributed by atoms with van der Waals surface area (Å²) in [5, 5.41) is 2.81. The van der Waals surface area contributed by atoms with Crippen molar-refractivity contribution in [2.75, 3.05) is 11.9 Å². The van der Waals surface area contributed by atoms with Gasteiger partial charge in [0, 0.05) is 12.5 Å². The lowest BCUT2D eigenvalue weighted by atomic mass is 10.1. The molecule has 1 amide bonds. The molecule has 0 spiro atoms. The quantitative estimate of drug-likeness (QED) is 0.380. The van der Waals surface area contributed by atoms with Crippen LogP contribution in [0.3, 0.4) is 0 Å². The average molecular weight is 441 g/mol. The van der Waals surface area contributed by atoms with Gasteiger partial charge in [0.1, 0.15) is 5.69 Å². The van der Waals surface area contributed by atoms with Gasteiger partial charge in [-0.15, -0.1) is 0 Å². The molecule has 2 aromatic carbocycles. The molecule has 2 aromatic heterocycles. The highest BCUT2D eigenvalue weighted by Crippen LogP contribution is 2.31. The number of hydrogen-bond donors (Lipinski definition) is 1. The Labute approximate surface area is 192 Å². The lowest BCUT2D eigenvalue weighted by Gasteiger charge is -2.11. The first-order valence-corrected chi connectivity index (χ1v) is 10.7. The van der Waals surface area contributed by atoms with E-state index in [4.69, 9.17) is 9.47 Å². The van der Waals surface area contributed by atoms with Crippen LogP contribution in [0.2, 0.25) is 0 Å². The standard InChI is InChI=1S/C26H24N4O3/c1-2-32-22-12-6-7-13-23(22)33-26-14-8-11-20(29-26)21-17-27-18-24(28-21)30-25(31)16-15-19-9-4-3-5-10-19/h3-14,17-18H,2,15-16H2,1H3,(H,28,30,31). The van der Waals surface area contributed by atoms with Gasteiger partial charge < -0.3 is 14.8 Å². The Morgan fingerprint density at radius 1 is 0.848 bits per heavy atom. The molecule has 7 nitrogen and oxygen atoms in total. The molecule has 166 valence electrons. The zero-order chi connectivity index (χ0) is 22.9. The van der Waals surface area contributed by atoms with Gasteiger partial charge in [0.05, 0.1) is 24.7 Å². The van der Waals surface area contributed by atoms with Crippen LogP contribution >= 0.6 is 0 Å². The van der Waals surface area contributed by atoms with E-state index in [0.717, 1.165) is 5.56 Å². The first kappa shape index (κ1) is 22.0. The summed E-state index contributed by atoms with van der Waals surface area (Å²) >= 11 is 0. The Kier molecular flexibility index (Phi) is 7.22. The smallest absolute Gasteiger partial charge is 0.225 e. The molecule has 4 aromatic rings. The molecule has 0 unspecified atom stereocenters. The van der Waals surface area contributed by atoms with E-state index in [0.29, 0.717) is 54.0 Å². The molecule has 0 aliphatic heterocycles. The second-order valence-electron chi connectivity index (χ2n) is 7.17. The maximum Gasteiger partial charge on any atom is 0.225 e.